The second-order valence-corrected chi connectivity index (χ2v) is 2.55. The summed E-state index contributed by atoms with van der Waals surface area (Å²) in [5, 5.41) is 15.6. The van der Waals surface area contributed by atoms with Gasteiger partial charge in [0, 0.05) is 17.1 Å². The van der Waals surface area contributed by atoms with Crippen LogP contribution in [0.25, 0.3) is 0 Å². The van der Waals surface area contributed by atoms with Crippen LogP contribution in [0.15, 0.2) is 73.5 Å². The van der Waals surface area contributed by atoms with Crippen molar-refractivity contribution < 1.29 is 31.8 Å². The van der Waals surface area contributed by atoms with Crippen molar-refractivity contribution in [2.24, 2.45) is 0 Å². The fraction of sp³-hybridized carbons (Fsp3) is 0. The van der Waals surface area contributed by atoms with Crippen molar-refractivity contribution in [2.45, 2.75) is 0 Å². The van der Waals surface area contributed by atoms with E-state index in [1.807, 2.05) is 60.7 Å². The molecule has 2 N–H and O–H groups in total. The quantitative estimate of drug-likeness (QED) is 0.499. The third-order valence-corrected chi connectivity index (χ3v) is 1.33. The van der Waals surface area contributed by atoms with Gasteiger partial charge < -0.3 is 45.0 Å². The molecule has 0 atom stereocenters. The molecule has 0 heterocycles. The van der Waals surface area contributed by atoms with Gasteiger partial charge in [-0.3, -0.25) is 0 Å². The van der Waals surface area contributed by atoms with Crippen molar-refractivity contribution >= 4 is 7.32 Å². The van der Waals surface area contributed by atoms with Crippen LogP contribution >= 0.6 is 0 Å². The van der Waals surface area contributed by atoms with E-state index in [2.05, 4.69) is 11.2 Å². The zero-order valence-electron chi connectivity index (χ0n) is 9.29. The summed E-state index contributed by atoms with van der Waals surface area (Å²) in [6.45, 7) is 3.06. The topological polar surface area (TPSA) is 49.7 Å². The van der Waals surface area contributed by atoms with Gasteiger partial charge in [-0.1, -0.05) is 6.58 Å². The summed E-state index contributed by atoms with van der Waals surface area (Å²) in [6.07, 6.45) is 0.949. The molecule has 0 aliphatic heterocycles. The Morgan fingerprint density at radius 3 is 1.53 bits per heavy atom. The largest absolute Gasteiger partial charge is 0.748 e. The average Bonchev–Trinajstić information content (AvgIpc) is 2.98. The molecule has 0 saturated carbocycles. The Kier molecular flexibility index (Phi) is 15.7. The maximum atomic E-state index is 7.81. The van der Waals surface area contributed by atoms with Gasteiger partial charge in [0.05, 0.1) is 6.26 Å². The van der Waals surface area contributed by atoms with Gasteiger partial charge in [0.2, 0.25) is 0 Å². The van der Waals surface area contributed by atoms with Crippen molar-refractivity contribution in [3.63, 3.8) is 0 Å². The van der Waals surface area contributed by atoms with Crippen LogP contribution in [0.2, 0.25) is 0 Å². The van der Waals surface area contributed by atoms with Crippen molar-refractivity contribution in [1.29, 1.82) is 0 Å². The predicted molar refractivity (Wildman–Crippen MR) is 65.5 cm³/mol. The van der Waals surface area contributed by atoms with Gasteiger partial charge in [0.15, 0.2) is 0 Å². The summed E-state index contributed by atoms with van der Waals surface area (Å²) >= 11 is 0. The molecule has 0 aromatic heterocycles. The maximum absolute atomic E-state index is 7.81. The first-order valence-corrected chi connectivity index (χ1v) is 4.73. The summed E-state index contributed by atoms with van der Waals surface area (Å²) in [4.78, 5) is 0. The molecule has 5 heteroatoms. The number of hydrogen-bond donors (Lipinski definition) is 2. The van der Waals surface area contributed by atoms with Gasteiger partial charge in [0.25, 0.3) is 0 Å². The van der Waals surface area contributed by atoms with E-state index in [9.17, 15) is 0 Å². The molecule has 0 radical (unpaired) electrons. The molecule has 0 unspecified atom stereocenters. The Labute approximate surface area is 113 Å². The SMILES string of the molecule is C=COB(O)O.[Fe].[cH-]1[cH-][cH-][cH-][cH-]1.c1cc[cH-]c1. The first kappa shape index (κ1) is 18.1. The average molecular weight is 274 g/mol. The van der Waals surface area contributed by atoms with E-state index in [0.717, 1.165) is 6.26 Å². The summed E-state index contributed by atoms with van der Waals surface area (Å²) in [6, 6.07) is 20.0. The van der Waals surface area contributed by atoms with Crippen molar-refractivity contribution in [3.8, 4) is 0 Å². The predicted octanol–water partition coefficient (Wildman–Crippen LogP) is 1.92. The molecule has 0 bridgehead atoms. The molecule has 2 rings (SSSR count). The fourth-order valence-electron chi connectivity index (χ4n) is 0.728. The van der Waals surface area contributed by atoms with Crippen LogP contribution in [0.5, 0.6) is 0 Å². The first-order chi connectivity index (χ1) is 7.77. The molecule has 17 heavy (non-hydrogen) atoms. The maximum Gasteiger partial charge on any atom is 0.707 e. The third kappa shape index (κ3) is 17.4. The normalized spacial score (nSPS) is 7.18. The molecule has 98 valence electrons. The molecular weight excluding hydrogens is 259 g/mol. The molecule has 2 aromatic carbocycles. The Morgan fingerprint density at radius 2 is 1.41 bits per heavy atom. The summed E-state index contributed by atoms with van der Waals surface area (Å²) < 4.78 is 3.92. The Bertz CT molecular complexity index is 246. The van der Waals surface area contributed by atoms with E-state index in [-0.39, 0.29) is 17.1 Å². The van der Waals surface area contributed by atoms with E-state index in [1.165, 1.54) is 0 Å². The number of hydrogen-bond acceptors (Lipinski definition) is 3. The minimum atomic E-state index is -1.72. The molecule has 0 saturated heterocycles. The molecule has 3 nitrogen and oxygen atoms in total. The van der Waals surface area contributed by atoms with E-state index in [4.69, 9.17) is 10.0 Å². The van der Waals surface area contributed by atoms with E-state index in [1.54, 1.807) is 0 Å². The zero-order valence-corrected chi connectivity index (χ0v) is 10.4. The molecule has 0 aliphatic rings. The third-order valence-electron chi connectivity index (χ3n) is 1.33. The van der Waals surface area contributed by atoms with Crippen LogP contribution in [0.1, 0.15) is 0 Å². The first-order valence-electron chi connectivity index (χ1n) is 4.73. The van der Waals surface area contributed by atoms with E-state index in [0.29, 0.717) is 0 Å². The molecule has 0 amide bonds. The van der Waals surface area contributed by atoms with Gasteiger partial charge >= 0.3 is 7.32 Å². The zero-order chi connectivity index (χ0) is 12.1. The van der Waals surface area contributed by atoms with Crippen LogP contribution in [-0.2, 0) is 21.7 Å². The van der Waals surface area contributed by atoms with Gasteiger partial charge in [-0.25, -0.2) is 12.1 Å². The van der Waals surface area contributed by atoms with Gasteiger partial charge in [-0.05, 0) is 0 Å². The molecule has 2 aromatic rings. The van der Waals surface area contributed by atoms with Crippen LogP contribution in [-0.4, -0.2) is 17.4 Å². The van der Waals surface area contributed by atoms with Crippen LogP contribution in [0.3, 0.4) is 0 Å². The second-order valence-electron chi connectivity index (χ2n) is 2.55. The van der Waals surface area contributed by atoms with E-state index >= 15 is 0 Å². The van der Waals surface area contributed by atoms with Crippen molar-refractivity contribution in [1.82, 2.24) is 0 Å². The smallest absolute Gasteiger partial charge is 0.707 e. The Hall–Kier alpha value is -1.26. The van der Waals surface area contributed by atoms with Crippen molar-refractivity contribution in [3.05, 3.63) is 73.5 Å². The second kappa shape index (κ2) is 14.7. The minimum Gasteiger partial charge on any atom is -0.748 e. The van der Waals surface area contributed by atoms with Crippen LogP contribution < -0.4 is 0 Å². The minimum absolute atomic E-state index is 0. The van der Waals surface area contributed by atoms with Crippen LogP contribution in [0, 0.1) is 0 Å². The summed E-state index contributed by atoms with van der Waals surface area (Å²) in [5.41, 5.74) is 0. The van der Waals surface area contributed by atoms with E-state index < -0.39 is 7.32 Å². The summed E-state index contributed by atoms with van der Waals surface area (Å²) in [7, 11) is -1.72. The van der Waals surface area contributed by atoms with Gasteiger partial charge in [-0.2, -0.15) is 18.2 Å². The monoisotopic (exact) mass is 274 g/mol. The Morgan fingerprint density at radius 1 is 1.00 bits per heavy atom. The Balaban J connectivity index is 0. The molecular formula is C12H15BFeO3-6. The number of rotatable bonds is 2. The summed E-state index contributed by atoms with van der Waals surface area (Å²) in [5.74, 6) is 0. The standard InChI is InChI=1S/2C5H5.C2H5BO3.Fe/c2*1-2-4-5-3-1;1-2-6-3(4)5;/h2*1-5H;2,4-5H,1H2;/q-5;-1;;. The van der Waals surface area contributed by atoms with Gasteiger partial charge in [0.1, 0.15) is 0 Å². The molecule has 0 aliphatic carbocycles. The fourth-order valence-corrected chi connectivity index (χ4v) is 0.728. The van der Waals surface area contributed by atoms with Crippen LogP contribution in [0.4, 0.5) is 0 Å². The van der Waals surface area contributed by atoms with Gasteiger partial charge in [-0.15, -0.1) is 0 Å². The molecule has 0 spiro atoms. The molecule has 0 fully saturated rings. The van der Waals surface area contributed by atoms with Crippen molar-refractivity contribution in [2.75, 3.05) is 0 Å².